The summed E-state index contributed by atoms with van der Waals surface area (Å²) < 4.78 is 5.58. The second-order valence-corrected chi connectivity index (χ2v) is 6.95. The van der Waals surface area contributed by atoms with Gasteiger partial charge in [-0.1, -0.05) is 30.7 Å². The Balaban J connectivity index is 1.71. The first-order valence-corrected chi connectivity index (χ1v) is 9.49. The Kier molecular flexibility index (Phi) is 8.43. The molecule has 2 aromatic carbocycles. The lowest BCUT2D eigenvalue weighted by atomic mass is 10.2. The molecule has 0 atom stereocenters. The largest absolute Gasteiger partial charge is 0.492 e. The number of hydrogen-bond acceptors (Lipinski definition) is 4. The van der Waals surface area contributed by atoms with Crippen LogP contribution >= 0.6 is 11.6 Å². The van der Waals surface area contributed by atoms with Crippen molar-refractivity contribution in [2.24, 2.45) is 0 Å². The molecule has 0 saturated heterocycles. The SMILES string of the molecule is CCN(CC(=O)NCCOc1ccc(Cl)cc1)Cc1ccc(N(C)C)cc1. The smallest absolute Gasteiger partial charge is 0.234 e. The molecule has 2 rings (SSSR count). The van der Waals surface area contributed by atoms with E-state index in [-0.39, 0.29) is 5.91 Å². The second-order valence-electron chi connectivity index (χ2n) is 6.52. The molecule has 0 aliphatic heterocycles. The number of likely N-dealkylation sites (N-methyl/N-ethyl adjacent to an activating group) is 1. The van der Waals surface area contributed by atoms with Crippen LogP contribution in [0.5, 0.6) is 5.75 Å². The Labute approximate surface area is 166 Å². The average Bonchev–Trinajstić information content (AvgIpc) is 2.66. The highest BCUT2D eigenvalue weighted by atomic mass is 35.5. The molecule has 27 heavy (non-hydrogen) atoms. The van der Waals surface area contributed by atoms with Gasteiger partial charge in [0.2, 0.25) is 5.91 Å². The highest BCUT2D eigenvalue weighted by Crippen LogP contribution is 2.15. The van der Waals surface area contributed by atoms with E-state index in [1.807, 2.05) is 26.2 Å². The van der Waals surface area contributed by atoms with Crippen molar-refractivity contribution in [2.75, 3.05) is 45.2 Å². The Hall–Kier alpha value is -2.24. The van der Waals surface area contributed by atoms with Gasteiger partial charge in [-0.05, 0) is 48.5 Å². The van der Waals surface area contributed by atoms with Crippen LogP contribution in [0.25, 0.3) is 0 Å². The van der Waals surface area contributed by atoms with E-state index in [2.05, 4.69) is 46.3 Å². The van der Waals surface area contributed by atoms with E-state index >= 15 is 0 Å². The Morgan fingerprint density at radius 1 is 1.07 bits per heavy atom. The van der Waals surface area contributed by atoms with Gasteiger partial charge in [0.25, 0.3) is 0 Å². The lowest BCUT2D eigenvalue weighted by Gasteiger charge is -2.20. The van der Waals surface area contributed by atoms with E-state index in [0.29, 0.717) is 24.7 Å². The summed E-state index contributed by atoms with van der Waals surface area (Å²) in [4.78, 5) is 16.4. The standard InChI is InChI=1S/C21H28ClN3O2/c1-4-25(15-17-5-9-19(10-6-17)24(2)3)16-21(26)23-13-14-27-20-11-7-18(22)8-12-20/h5-12H,4,13-16H2,1-3H3,(H,23,26). The number of benzene rings is 2. The molecule has 0 aromatic heterocycles. The maximum atomic E-state index is 12.2. The molecular formula is C21H28ClN3O2. The van der Waals surface area contributed by atoms with Crippen molar-refractivity contribution in [3.63, 3.8) is 0 Å². The van der Waals surface area contributed by atoms with Crippen molar-refractivity contribution < 1.29 is 9.53 Å². The first-order chi connectivity index (χ1) is 13.0. The van der Waals surface area contributed by atoms with Gasteiger partial charge < -0.3 is 15.0 Å². The third kappa shape index (κ3) is 7.49. The molecular weight excluding hydrogens is 362 g/mol. The minimum Gasteiger partial charge on any atom is -0.492 e. The highest BCUT2D eigenvalue weighted by molar-refractivity contribution is 6.30. The van der Waals surface area contributed by atoms with Gasteiger partial charge in [-0.15, -0.1) is 0 Å². The maximum Gasteiger partial charge on any atom is 0.234 e. The van der Waals surface area contributed by atoms with Gasteiger partial charge in [0.1, 0.15) is 12.4 Å². The summed E-state index contributed by atoms with van der Waals surface area (Å²) in [5, 5.41) is 3.57. The van der Waals surface area contributed by atoms with Crippen molar-refractivity contribution in [1.82, 2.24) is 10.2 Å². The number of halogens is 1. The van der Waals surface area contributed by atoms with Crippen molar-refractivity contribution in [2.45, 2.75) is 13.5 Å². The van der Waals surface area contributed by atoms with E-state index in [0.717, 1.165) is 18.8 Å². The lowest BCUT2D eigenvalue weighted by Crippen LogP contribution is -2.38. The fourth-order valence-corrected chi connectivity index (χ4v) is 2.71. The fraction of sp³-hybridized carbons (Fsp3) is 0.381. The molecule has 0 unspecified atom stereocenters. The minimum absolute atomic E-state index is 0.00136. The van der Waals surface area contributed by atoms with Crippen LogP contribution in [0, 0.1) is 0 Å². The molecule has 146 valence electrons. The number of hydrogen-bond donors (Lipinski definition) is 1. The summed E-state index contributed by atoms with van der Waals surface area (Å²) in [6.45, 7) is 4.88. The van der Waals surface area contributed by atoms with E-state index in [1.54, 1.807) is 12.1 Å². The van der Waals surface area contributed by atoms with Crippen LogP contribution in [0.4, 0.5) is 5.69 Å². The Morgan fingerprint density at radius 2 is 1.74 bits per heavy atom. The molecule has 0 aliphatic rings. The summed E-state index contributed by atoms with van der Waals surface area (Å²) in [6, 6.07) is 15.6. The molecule has 0 radical (unpaired) electrons. The zero-order valence-electron chi connectivity index (χ0n) is 16.2. The monoisotopic (exact) mass is 389 g/mol. The van der Waals surface area contributed by atoms with Gasteiger partial charge >= 0.3 is 0 Å². The second kappa shape index (κ2) is 10.8. The van der Waals surface area contributed by atoms with E-state index in [9.17, 15) is 4.79 Å². The van der Waals surface area contributed by atoms with E-state index in [4.69, 9.17) is 16.3 Å². The maximum absolute atomic E-state index is 12.2. The number of amides is 1. The summed E-state index contributed by atoms with van der Waals surface area (Å²) in [5.74, 6) is 0.742. The third-order valence-electron chi connectivity index (χ3n) is 4.18. The summed E-state index contributed by atoms with van der Waals surface area (Å²) >= 11 is 5.84. The van der Waals surface area contributed by atoms with Crippen LogP contribution in [-0.2, 0) is 11.3 Å². The number of ether oxygens (including phenoxy) is 1. The zero-order valence-corrected chi connectivity index (χ0v) is 17.0. The summed E-state index contributed by atoms with van der Waals surface area (Å²) in [6.07, 6.45) is 0. The van der Waals surface area contributed by atoms with Gasteiger partial charge in [-0.25, -0.2) is 0 Å². The molecule has 0 aliphatic carbocycles. The predicted molar refractivity (Wildman–Crippen MR) is 112 cm³/mol. The molecule has 2 aromatic rings. The number of rotatable bonds is 10. The van der Waals surface area contributed by atoms with Crippen molar-refractivity contribution in [3.05, 3.63) is 59.1 Å². The van der Waals surface area contributed by atoms with Crippen LogP contribution in [-0.4, -0.2) is 51.1 Å². The number of anilines is 1. The molecule has 0 heterocycles. The topological polar surface area (TPSA) is 44.8 Å². The van der Waals surface area contributed by atoms with Crippen molar-refractivity contribution >= 4 is 23.2 Å². The molecule has 6 heteroatoms. The Bertz CT molecular complexity index is 702. The predicted octanol–water partition coefficient (Wildman–Crippen LogP) is 3.42. The molecule has 1 amide bonds. The lowest BCUT2D eigenvalue weighted by molar-refractivity contribution is -0.122. The number of carbonyl (C=O) groups excluding carboxylic acids is 1. The van der Waals surface area contributed by atoms with Gasteiger partial charge in [0, 0.05) is 31.4 Å². The van der Waals surface area contributed by atoms with Gasteiger partial charge in [-0.3, -0.25) is 9.69 Å². The van der Waals surface area contributed by atoms with Crippen molar-refractivity contribution in [3.8, 4) is 5.75 Å². The van der Waals surface area contributed by atoms with Crippen LogP contribution in [0.3, 0.4) is 0 Å². The first-order valence-electron chi connectivity index (χ1n) is 9.11. The Morgan fingerprint density at radius 3 is 2.33 bits per heavy atom. The number of carbonyl (C=O) groups is 1. The molecule has 0 saturated carbocycles. The van der Waals surface area contributed by atoms with Gasteiger partial charge in [-0.2, -0.15) is 0 Å². The average molecular weight is 390 g/mol. The molecule has 0 fully saturated rings. The van der Waals surface area contributed by atoms with Gasteiger partial charge in [0.15, 0.2) is 0 Å². The van der Waals surface area contributed by atoms with Crippen LogP contribution in [0.1, 0.15) is 12.5 Å². The first kappa shape index (κ1) is 21.1. The molecule has 0 spiro atoms. The molecule has 0 bridgehead atoms. The molecule has 1 N–H and O–H groups in total. The zero-order chi connectivity index (χ0) is 19.6. The van der Waals surface area contributed by atoms with Crippen LogP contribution in [0.2, 0.25) is 5.02 Å². The van der Waals surface area contributed by atoms with Gasteiger partial charge in [0.05, 0.1) is 13.1 Å². The van der Waals surface area contributed by atoms with Crippen LogP contribution < -0.4 is 15.0 Å². The third-order valence-corrected chi connectivity index (χ3v) is 4.43. The quantitative estimate of drug-likeness (QED) is 0.632. The summed E-state index contributed by atoms with van der Waals surface area (Å²) in [5.41, 5.74) is 2.36. The highest BCUT2D eigenvalue weighted by Gasteiger charge is 2.09. The summed E-state index contributed by atoms with van der Waals surface area (Å²) in [7, 11) is 4.04. The van der Waals surface area contributed by atoms with Crippen LogP contribution in [0.15, 0.2) is 48.5 Å². The normalized spacial score (nSPS) is 10.7. The number of nitrogens with zero attached hydrogens (tertiary/aromatic N) is 2. The van der Waals surface area contributed by atoms with Crippen molar-refractivity contribution in [1.29, 1.82) is 0 Å². The fourth-order valence-electron chi connectivity index (χ4n) is 2.59. The van der Waals surface area contributed by atoms with E-state index < -0.39 is 0 Å². The molecule has 5 nitrogen and oxygen atoms in total. The number of nitrogens with one attached hydrogen (secondary N) is 1. The minimum atomic E-state index is 0.00136. The van der Waals surface area contributed by atoms with E-state index in [1.165, 1.54) is 11.3 Å².